The zero-order valence-electron chi connectivity index (χ0n) is 14.7. The molecule has 2 N–H and O–H groups in total. The molecule has 1 aromatic carbocycles. The van der Waals surface area contributed by atoms with Crippen LogP contribution in [0.25, 0.3) is 0 Å². The Morgan fingerprint density at radius 3 is 2.25 bits per heavy atom. The highest BCUT2D eigenvalue weighted by Crippen LogP contribution is 2.40. The summed E-state index contributed by atoms with van der Waals surface area (Å²) < 4.78 is 16.0. The first-order chi connectivity index (χ1) is 11.6. The average Bonchev–Trinajstić information content (AvgIpc) is 2.59. The maximum Gasteiger partial charge on any atom is 0.224 e. The summed E-state index contributed by atoms with van der Waals surface area (Å²) in [5.41, 5.74) is 0.776. The van der Waals surface area contributed by atoms with Crippen molar-refractivity contribution in [1.82, 2.24) is 9.97 Å². The van der Waals surface area contributed by atoms with Crippen LogP contribution in [0.2, 0.25) is 0 Å². The van der Waals surface area contributed by atoms with Gasteiger partial charge in [0.2, 0.25) is 11.7 Å². The van der Waals surface area contributed by atoms with Gasteiger partial charge in [0.15, 0.2) is 11.5 Å². The van der Waals surface area contributed by atoms with Gasteiger partial charge in [0.05, 0.1) is 21.3 Å². The number of hydrogen-bond donors (Lipinski definition) is 2. The van der Waals surface area contributed by atoms with E-state index in [1.807, 2.05) is 12.1 Å². The van der Waals surface area contributed by atoms with Crippen LogP contribution in [0.15, 0.2) is 24.4 Å². The number of methoxy groups -OCH3 is 3. The van der Waals surface area contributed by atoms with Gasteiger partial charge in [-0.2, -0.15) is 4.98 Å². The van der Waals surface area contributed by atoms with E-state index in [0.717, 1.165) is 12.2 Å². The summed E-state index contributed by atoms with van der Waals surface area (Å²) in [4.78, 5) is 8.66. The Morgan fingerprint density at radius 2 is 1.71 bits per heavy atom. The van der Waals surface area contributed by atoms with Crippen LogP contribution in [0.1, 0.15) is 13.8 Å². The Kier molecular flexibility index (Phi) is 6.06. The quantitative estimate of drug-likeness (QED) is 0.768. The van der Waals surface area contributed by atoms with Crippen molar-refractivity contribution in [2.75, 3.05) is 38.5 Å². The molecule has 130 valence electrons. The number of ether oxygens (including phenoxy) is 3. The monoisotopic (exact) mass is 332 g/mol. The Balaban J connectivity index is 2.23. The second-order valence-electron chi connectivity index (χ2n) is 5.58. The molecule has 7 nitrogen and oxygen atoms in total. The molecule has 0 atom stereocenters. The van der Waals surface area contributed by atoms with Gasteiger partial charge in [0.1, 0.15) is 5.82 Å². The highest BCUT2D eigenvalue weighted by molar-refractivity contribution is 5.66. The summed E-state index contributed by atoms with van der Waals surface area (Å²) in [5.74, 6) is 3.47. The summed E-state index contributed by atoms with van der Waals surface area (Å²) in [6.07, 6.45) is 1.70. The van der Waals surface area contributed by atoms with E-state index in [1.165, 1.54) is 0 Å². The maximum absolute atomic E-state index is 5.36. The van der Waals surface area contributed by atoms with E-state index in [9.17, 15) is 0 Å². The summed E-state index contributed by atoms with van der Waals surface area (Å²) in [5, 5.41) is 6.43. The fourth-order valence-corrected chi connectivity index (χ4v) is 2.11. The Bertz CT molecular complexity index is 652. The standard InChI is InChI=1S/C17H24N4O3/c1-11(2)10-19-17-18-7-6-15(21-17)20-12-8-13(22-3)16(24-5)14(9-12)23-4/h6-9,11H,10H2,1-5H3,(H2,18,19,20,21). The van der Waals surface area contributed by atoms with Gasteiger partial charge in [0, 0.05) is 30.6 Å². The topological polar surface area (TPSA) is 77.5 Å². The molecule has 0 unspecified atom stereocenters. The molecule has 2 aromatic rings. The third-order valence-electron chi connectivity index (χ3n) is 3.26. The molecule has 0 amide bonds. The lowest BCUT2D eigenvalue weighted by atomic mass is 10.2. The molecular formula is C17H24N4O3. The van der Waals surface area contributed by atoms with Gasteiger partial charge in [-0.3, -0.25) is 0 Å². The van der Waals surface area contributed by atoms with Gasteiger partial charge in [0.25, 0.3) is 0 Å². The van der Waals surface area contributed by atoms with Crippen molar-refractivity contribution in [3.63, 3.8) is 0 Å². The van der Waals surface area contributed by atoms with Gasteiger partial charge in [-0.25, -0.2) is 4.98 Å². The Hall–Kier alpha value is -2.70. The average molecular weight is 332 g/mol. The number of anilines is 3. The molecular weight excluding hydrogens is 308 g/mol. The smallest absolute Gasteiger partial charge is 0.224 e. The number of benzene rings is 1. The highest BCUT2D eigenvalue weighted by atomic mass is 16.5. The first-order valence-electron chi connectivity index (χ1n) is 7.71. The Labute approximate surface area is 142 Å². The molecule has 0 saturated carbocycles. The maximum atomic E-state index is 5.36. The van der Waals surface area contributed by atoms with E-state index in [2.05, 4.69) is 34.4 Å². The van der Waals surface area contributed by atoms with E-state index in [4.69, 9.17) is 14.2 Å². The minimum Gasteiger partial charge on any atom is -0.493 e. The predicted molar refractivity (Wildman–Crippen MR) is 94.7 cm³/mol. The van der Waals surface area contributed by atoms with Crippen LogP contribution in [-0.4, -0.2) is 37.8 Å². The van der Waals surface area contributed by atoms with Crippen molar-refractivity contribution < 1.29 is 14.2 Å². The highest BCUT2D eigenvalue weighted by Gasteiger charge is 2.13. The van der Waals surface area contributed by atoms with Crippen LogP contribution in [-0.2, 0) is 0 Å². The van der Waals surface area contributed by atoms with Gasteiger partial charge in [-0.1, -0.05) is 13.8 Å². The third kappa shape index (κ3) is 4.41. The number of nitrogens with one attached hydrogen (secondary N) is 2. The number of rotatable bonds is 8. The molecule has 24 heavy (non-hydrogen) atoms. The summed E-state index contributed by atoms with van der Waals surface area (Å²) in [6, 6.07) is 5.44. The lowest BCUT2D eigenvalue weighted by Gasteiger charge is -2.15. The van der Waals surface area contributed by atoms with Gasteiger partial charge >= 0.3 is 0 Å². The molecule has 0 radical (unpaired) electrons. The van der Waals surface area contributed by atoms with Gasteiger partial charge in [-0.05, 0) is 12.0 Å². The molecule has 0 aliphatic carbocycles. The predicted octanol–water partition coefficient (Wildman–Crippen LogP) is 3.31. The molecule has 1 heterocycles. The molecule has 0 saturated heterocycles. The van der Waals surface area contributed by atoms with E-state index >= 15 is 0 Å². The molecule has 7 heteroatoms. The minimum absolute atomic E-state index is 0.514. The van der Waals surface area contributed by atoms with Crippen molar-refractivity contribution in [2.24, 2.45) is 5.92 Å². The van der Waals surface area contributed by atoms with E-state index in [-0.39, 0.29) is 0 Å². The van der Waals surface area contributed by atoms with Gasteiger partial charge in [-0.15, -0.1) is 0 Å². The van der Waals surface area contributed by atoms with Crippen LogP contribution in [0.4, 0.5) is 17.5 Å². The van der Waals surface area contributed by atoms with Crippen LogP contribution in [0.3, 0.4) is 0 Å². The van der Waals surface area contributed by atoms with Crippen LogP contribution >= 0.6 is 0 Å². The molecule has 0 fully saturated rings. The lowest BCUT2D eigenvalue weighted by molar-refractivity contribution is 0.324. The Morgan fingerprint density at radius 1 is 1.04 bits per heavy atom. The molecule has 2 rings (SSSR count). The zero-order valence-corrected chi connectivity index (χ0v) is 14.7. The second kappa shape index (κ2) is 8.24. The van der Waals surface area contributed by atoms with Crippen molar-refractivity contribution in [3.05, 3.63) is 24.4 Å². The minimum atomic E-state index is 0.514. The molecule has 0 aliphatic heterocycles. The largest absolute Gasteiger partial charge is 0.493 e. The summed E-state index contributed by atoms with van der Waals surface area (Å²) in [7, 11) is 4.74. The SMILES string of the molecule is COc1cc(Nc2ccnc(NCC(C)C)n2)cc(OC)c1OC. The first kappa shape index (κ1) is 17.7. The lowest BCUT2D eigenvalue weighted by Crippen LogP contribution is -2.11. The van der Waals surface area contributed by atoms with Crippen molar-refractivity contribution in [2.45, 2.75) is 13.8 Å². The molecule has 1 aromatic heterocycles. The third-order valence-corrected chi connectivity index (χ3v) is 3.26. The van der Waals surface area contributed by atoms with Gasteiger partial charge < -0.3 is 24.8 Å². The number of hydrogen-bond acceptors (Lipinski definition) is 7. The van der Waals surface area contributed by atoms with Crippen molar-refractivity contribution >= 4 is 17.5 Å². The van der Waals surface area contributed by atoms with Crippen LogP contribution < -0.4 is 24.8 Å². The van der Waals surface area contributed by atoms with Crippen LogP contribution in [0, 0.1) is 5.92 Å². The number of aromatic nitrogens is 2. The zero-order chi connectivity index (χ0) is 17.5. The van der Waals surface area contributed by atoms with Crippen LogP contribution in [0.5, 0.6) is 17.2 Å². The fourth-order valence-electron chi connectivity index (χ4n) is 2.11. The molecule has 0 aliphatic rings. The van der Waals surface area contributed by atoms with E-state index < -0.39 is 0 Å². The van der Waals surface area contributed by atoms with Crippen molar-refractivity contribution in [1.29, 1.82) is 0 Å². The van der Waals surface area contributed by atoms with E-state index in [0.29, 0.717) is 34.9 Å². The molecule has 0 spiro atoms. The summed E-state index contributed by atoms with van der Waals surface area (Å²) in [6.45, 7) is 5.07. The first-order valence-corrected chi connectivity index (χ1v) is 7.71. The normalized spacial score (nSPS) is 10.4. The summed E-state index contributed by atoms with van der Waals surface area (Å²) >= 11 is 0. The van der Waals surface area contributed by atoms with Crippen molar-refractivity contribution in [3.8, 4) is 17.2 Å². The second-order valence-corrected chi connectivity index (χ2v) is 5.58. The fraction of sp³-hybridized carbons (Fsp3) is 0.412. The van der Waals surface area contributed by atoms with E-state index in [1.54, 1.807) is 33.6 Å². The number of nitrogens with zero attached hydrogens (tertiary/aromatic N) is 2. The molecule has 0 bridgehead atoms.